The van der Waals surface area contributed by atoms with E-state index in [0.717, 1.165) is 36.8 Å². The average Bonchev–Trinajstić information content (AvgIpc) is 2.68. The summed E-state index contributed by atoms with van der Waals surface area (Å²) in [7, 11) is 0. The van der Waals surface area contributed by atoms with E-state index in [1.807, 2.05) is 6.07 Å². The summed E-state index contributed by atoms with van der Waals surface area (Å²) >= 11 is 3.32. The van der Waals surface area contributed by atoms with Crippen LogP contribution in [0.15, 0.2) is 59.1 Å². The van der Waals surface area contributed by atoms with Crippen molar-refractivity contribution in [2.45, 2.75) is 19.3 Å². The molecule has 0 radical (unpaired) electrons. The highest BCUT2D eigenvalue weighted by atomic mass is 79.9. The van der Waals surface area contributed by atoms with Crippen LogP contribution in [0.5, 0.6) is 0 Å². The summed E-state index contributed by atoms with van der Waals surface area (Å²) in [6.45, 7) is 1.26. The van der Waals surface area contributed by atoms with Crippen LogP contribution in [0.2, 0.25) is 0 Å². The molecule has 0 spiro atoms. The smallest absolute Gasteiger partial charge is 0.338 e. The van der Waals surface area contributed by atoms with Crippen molar-refractivity contribution in [3.63, 3.8) is 0 Å². The van der Waals surface area contributed by atoms with Crippen LogP contribution in [0, 0.1) is 5.92 Å². The van der Waals surface area contributed by atoms with Crippen LogP contribution in [0.3, 0.4) is 0 Å². The molecule has 0 atom stereocenters. The Morgan fingerprint density at radius 2 is 1.65 bits per heavy atom. The fraction of sp³-hybridized carbons (Fsp3) is 0.333. The lowest BCUT2D eigenvalue weighted by molar-refractivity contribution is -0.135. The number of esters is 1. The zero-order valence-electron chi connectivity index (χ0n) is 14.6. The van der Waals surface area contributed by atoms with Gasteiger partial charge in [0.1, 0.15) is 0 Å². The molecule has 0 unspecified atom stereocenters. The van der Waals surface area contributed by atoms with Crippen LogP contribution in [-0.4, -0.2) is 36.5 Å². The van der Waals surface area contributed by atoms with Crippen LogP contribution in [0.25, 0.3) is 0 Å². The molecule has 0 aromatic heterocycles. The Bertz CT molecular complexity index is 738. The molecule has 2 aromatic carbocycles. The second-order valence-corrected chi connectivity index (χ2v) is 7.51. The van der Waals surface area contributed by atoms with Crippen LogP contribution in [-0.2, 0) is 16.0 Å². The minimum Gasteiger partial charge on any atom is -0.452 e. The standard InChI is InChI=1S/C21H22BrNO3/c22-19-8-6-18(7-9-19)21(25)26-15-20(24)23-12-10-17(11-13-23)14-16-4-2-1-3-5-16/h1-9,17H,10-15H2. The average molecular weight is 416 g/mol. The minimum absolute atomic E-state index is 0.117. The maximum Gasteiger partial charge on any atom is 0.338 e. The number of nitrogens with zero attached hydrogens (tertiary/aromatic N) is 1. The molecule has 0 saturated carbocycles. The number of piperidine rings is 1. The fourth-order valence-electron chi connectivity index (χ4n) is 3.22. The van der Waals surface area contributed by atoms with Gasteiger partial charge >= 0.3 is 5.97 Å². The Hall–Kier alpha value is -2.14. The van der Waals surface area contributed by atoms with Gasteiger partial charge in [0.2, 0.25) is 0 Å². The van der Waals surface area contributed by atoms with Crippen molar-refractivity contribution in [3.05, 3.63) is 70.2 Å². The lowest BCUT2D eigenvalue weighted by Crippen LogP contribution is -2.41. The van der Waals surface area contributed by atoms with E-state index >= 15 is 0 Å². The van der Waals surface area contributed by atoms with Crippen LogP contribution >= 0.6 is 15.9 Å². The van der Waals surface area contributed by atoms with Gasteiger partial charge in [-0.3, -0.25) is 4.79 Å². The van der Waals surface area contributed by atoms with E-state index < -0.39 is 5.97 Å². The Balaban J connectivity index is 1.42. The molecule has 4 nitrogen and oxygen atoms in total. The number of hydrogen-bond acceptors (Lipinski definition) is 3. The third kappa shape index (κ3) is 5.18. The van der Waals surface area contributed by atoms with E-state index in [4.69, 9.17) is 4.74 Å². The van der Waals surface area contributed by atoms with Crippen molar-refractivity contribution in [2.24, 2.45) is 5.92 Å². The molecule has 2 aromatic rings. The summed E-state index contributed by atoms with van der Waals surface area (Å²) in [5.74, 6) is 0.0187. The van der Waals surface area contributed by atoms with Crippen molar-refractivity contribution in [2.75, 3.05) is 19.7 Å². The molecule has 136 valence electrons. The summed E-state index contributed by atoms with van der Waals surface area (Å²) in [6.07, 6.45) is 3.03. The SMILES string of the molecule is O=C(OCC(=O)N1CCC(Cc2ccccc2)CC1)c1ccc(Br)cc1. The van der Waals surface area contributed by atoms with Crippen LogP contribution in [0.4, 0.5) is 0 Å². The van der Waals surface area contributed by atoms with Crippen molar-refractivity contribution in [3.8, 4) is 0 Å². The predicted octanol–water partition coefficient (Wildman–Crippen LogP) is 4.09. The summed E-state index contributed by atoms with van der Waals surface area (Å²) in [4.78, 5) is 26.1. The summed E-state index contributed by atoms with van der Waals surface area (Å²) < 4.78 is 6.05. The molecular weight excluding hydrogens is 394 g/mol. The summed E-state index contributed by atoms with van der Waals surface area (Å²) in [5, 5.41) is 0. The Labute approximate surface area is 162 Å². The number of carbonyl (C=O) groups is 2. The van der Waals surface area contributed by atoms with E-state index in [0.29, 0.717) is 11.5 Å². The molecule has 0 aliphatic carbocycles. The first-order valence-electron chi connectivity index (χ1n) is 8.86. The molecule has 1 aliphatic heterocycles. The van der Waals surface area contributed by atoms with Gasteiger partial charge in [0, 0.05) is 17.6 Å². The van der Waals surface area contributed by atoms with Crippen molar-refractivity contribution in [1.82, 2.24) is 4.90 Å². The monoisotopic (exact) mass is 415 g/mol. The molecule has 0 N–H and O–H groups in total. The van der Waals surface area contributed by atoms with E-state index in [2.05, 4.69) is 40.2 Å². The predicted molar refractivity (Wildman–Crippen MR) is 104 cm³/mol. The number of rotatable bonds is 5. The first kappa shape index (κ1) is 18.6. The molecule has 3 rings (SSSR count). The maximum atomic E-state index is 12.3. The molecule has 5 heteroatoms. The van der Waals surface area contributed by atoms with E-state index in [-0.39, 0.29) is 12.5 Å². The van der Waals surface area contributed by atoms with Gasteiger partial charge < -0.3 is 9.64 Å². The molecule has 1 fully saturated rings. The van der Waals surface area contributed by atoms with E-state index in [1.54, 1.807) is 29.2 Å². The summed E-state index contributed by atoms with van der Waals surface area (Å²) in [6, 6.07) is 17.4. The third-order valence-electron chi connectivity index (χ3n) is 4.74. The Morgan fingerprint density at radius 1 is 1.00 bits per heavy atom. The zero-order chi connectivity index (χ0) is 18.4. The van der Waals surface area contributed by atoms with Gasteiger partial charge in [-0.1, -0.05) is 46.3 Å². The Morgan fingerprint density at radius 3 is 2.31 bits per heavy atom. The first-order valence-corrected chi connectivity index (χ1v) is 9.65. The highest BCUT2D eigenvalue weighted by Crippen LogP contribution is 2.21. The molecular formula is C21H22BrNO3. The van der Waals surface area contributed by atoms with Gasteiger partial charge in [0.25, 0.3) is 5.91 Å². The van der Waals surface area contributed by atoms with E-state index in [1.165, 1.54) is 5.56 Å². The van der Waals surface area contributed by atoms with Crippen molar-refractivity contribution < 1.29 is 14.3 Å². The van der Waals surface area contributed by atoms with Crippen molar-refractivity contribution in [1.29, 1.82) is 0 Å². The number of carbonyl (C=O) groups excluding carboxylic acids is 2. The van der Waals surface area contributed by atoms with Gasteiger partial charge in [0.15, 0.2) is 6.61 Å². The van der Waals surface area contributed by atoms with Gasteiger partial charge in [-0.15, -0.1) is 0 Å². The van der Waals surface area contributed by atoms with E-state index in [9.17, 15) is 9.59 Å². The highest BCUT2D eigenvalue weighted by Gasteiger charge is 2.23. The van der Waals surface area contributed by atoms with Crippen molar-refractivity contribution >= 4 is 27.8 Å². The normalized spacial score (nSPS) is 14.9. The quantitative estimate of drug-likeness (QED) is 0.690. The minimum atomic E-state index is -0.468. The second kappa shape index (κ2) is 8.99. The number of amides is 1. The van der Waals surface area contributed by atoms with Gasteiger partial charge in [-0.2, -0.15) is 0 Å². The Kier molecular flexibility index (Phi) is 6.45. The molecule has 26 heavy (non-hydrogen) atoms. The third-order valence-corrected chi connectivity index (χ3v) is 5.27. The molecule has 1 aliphatic rings. The number of benzene rings is 2. The molecule has 1 heterocycles. The van der Waals surface area contributed by atoms with Gasteiger partial charge in [-0.05, 0) is 55.0 Å². The first-order chi connectivity index (χ1) is 12.6. The molecule has 1 saturated heterocycles. The fourth-order valence-corrected chi connectivity index (χ4v) is 3.49. The number of hydrogen-bond donors (Lipinski definition) is 0. The lowest BCUT2D eigenvalue weighted by atomic mass is 9.90. The molecule has 1 amide bonds. The maximum absolute atomic E-state index is 12.3. The highest BCUT2D eigenvalue weighted by molar-refractivity contribution is 9.10. The second-order valence-electron chi connectivity index (χ2n) is 6.60. The van der Waals surface area contributed by atoms with Gasteiger partial charge in [0.05, 0.1) is 5.56 Å². The topological polar surface area (TPSA) is 46.6 Å². The lowest BCUT2D eigenvalue weighted by Gasteiger charge is -2.32. The number of halogens is 1. The molecule has 0 bridgehead atoms. The van der Waals surface area contributed by atoms with Crippen LogP contribution < -0.4 is 0 Å². The van der Waals surface area contributed by atoms with Gasteiger partial charge in [-0.25, -0.2) is 4.79 Å². The number of likely N-dealkylation sites (tertiary alicyclic amines) is 1. The van der Waals surface area contributed by atoms with Crippen LogP contribution in [0.1, 0.15) is 28.8 Å². The zero-order valence-corrected chi connectivity index (χ0v) is 16.2. The summed E-state index contributed by atoms with van der Waals surface area (Å²) in [5.41, 5.74) is 1.79. The number of ether oxygens (including phenoxy) is 1. The largest absolute Gasteiger partial charge is 0.452 e.